The van der Waals surface area contributed by atoms with Crippen molar-refractivity contribution in [3.8, 4) is 0 Å². The summed E-state index contributed by atoms with van der Waals surface area (Å²) < 4.78 is 1.88. The van der Waals surface area contributed by atoms with Crippen molar-refractivity contribution >= 4 is 11.8 Å². The van der Waals surface area contributed by atoms with Crippen molar-refractivity contribution in [1.82, 2.24) is 20.2 Å². The van der Waals surface area contributed by atoms with Crippen molar-refractivity contribution in [2.24, 2.45) is 7.05 Å². The molecule has 3 aromatic rings. The lowest BCUT2D eigenvalue weighted by Crippen LogP contribution is -2.34. The van der Waals surface area contributed by atoms with Crippen LogP contribution < -0.4 is 10.6 Å². The maximum atomic E-state index is 12.5. The van der Waals surface area contributed by atoms with Gasteiger partial charge in [0.2, 0.25) is 5.91 Å². The minimum Gasteiger partial charge on any atom is -0.352 e. The molecule has 0 saturated carbocycles. The average Bonchev–Trinajstić information content (AvgIpc) is 3.13. The van der Waals surface area contributed by atoms with Crippen molar-refractivity contribution in [2.45, 2.75) is 12.5 Å². The van der Waals surface area contributed by atoms with E-state index in [0.29, 0.717) is 5.56 Å². The molecule has 0 bridgehead atoms. The topological polar surface area (TPSA) is 76.0 Å². The summed E-state index contributed by atoms with van der Waals surface area (Å²) in [5.41, 5.74) is 1.53. The van der Waals surface area contributed by atoms with Crippen molar-refractivity contribution in [3.63, 3.8) is 0 Å². The van der Waals surface area contributed by atoms with E-state index in [-0.39, 0.29) is 30.8 Å². The van der Waals surface area contributed by atoms with E-state index in [1.807, 2.05) is 54.2 Å². The molecule has 2 amide bonds. The second kappa shape index (κ2) is 8.80. The number of aromatic nitrogens is 2. The number of aryl methyl sites for hydroxylation is 1. The quantitative estimate of drug-likeness (QED) is 0.678. The van der Waals surface area contributed by atoms with E-state index in [1.165, 1.54) is 0 Å². The van der Waals surface area contributed by atoms with Gasteiger partial charge in [0.25, 0.3) is 5.91 Å². The summed E-state index contributed by atoms with van der Waals surface area (Å²) in [5, 5.41) is 5.78. The van der Waals surface area contributed by atoms with E-state index in [9.17, 15) is 9.59 Å². The molecule has 1 aromatic heterocycles. The summed E-state index contributed by atoms with van der Waals surface area (Å²) in [6.07, 6.45) is 3.74. The van der Waals surface area contributed by atoms with Crippen LogP contribution in [0.3, 0.4) is 0 Å². The SMILES string of the molecule is Cn1ccnc1C(NC(=O)CCNC(=O)c1ccccc1)c1ccccc1. The molecular formula is C21H22N4O2. The van der Waals surface area contributed by atoms with Crippen molar-refractivity contribution < 1.29 is 9.59 Å². The molecule has 1 atom stereocenters. The molecule has 2 aromatic carbocycles. The molecule has 3 rings (SSSR count). The van der Waals surface area contributed by atoms with Gasteiger partial charge in [-0.15, -0.1) is 0 Å². The second-order valence-corrected chi connectivity index (χ2v) is 6.18. The van der Waals surface area contributed by atoms with Gasteiger partial charge in [-0.3, -0.25) is 9.59 Å². The Bertz CT molecular complexity index is 891. The number of nitrogens with one attached hydrogen (secondary N) is 2. The zero-order valence-corrected chi connectivity index (χ0v) is 15.1. The Hall–Kier alpha value is -3.41. The molecular weight excluding hydrogens is 340 g/mol. The lowest BCUT2D eigenvalue weighted by atomic mass is 10.1. The Morgan fingerprint density at radius 2 is 1.70 bits per heavy atom. The van der Waals surface area contributed by atoms with Crippen LogP contribution in [0.15, 0.2) is 73.1 Å². The second-order valence-electron chi connectivity index (χ2n) is 6.18. The molecule has 0 aliphatic rings. The number of rotatable bonds is 7. The Balaban J connectivity index is 1.60. The molecule has 6 heteroatoms. The van der Waals surface area contributed by atoms with Gasteiger partial charge in [-0.1, -0.05) is 48.5 Å². The molecule has 0 aliphatic heterocycles. The molecule has 0 radical (unpaired) electrons. The van der Waals surface area contributed by atoms with E-state index >= 15 is 0 Å². The molecule has 138 valence electrons. The van der Waals surface area contributed by atoms with Crippen molar-refractivity contribution in [1.29, 1.82) is 0 Å². The fraction of sp³-hybridized carbons (Fsp3) is 0.190. The zero-order valence-electron chi connectivity index (χ0n) is 15.1. The minimum atomic E-state index is -0.344. The van der Waals surface area contributed by atoms with Crippen LogP contribution in [0, 0.1) is 0 Å². The number of amides is 2. The maximum Gasteiger partial charge on any atom is 0.251 e. The van der Waals surface area contributed by atoms with Gasteiger partial charge in [0.1, 0.15) is 11.9 Å². The zero-order chi connectivity index (χ0) is 19.1. The van der Waals surface area contributed by atoms with Gasteiger partial charge < -0.3 is 15.2 Å². The number of carbonyl (C=O) groups is 2. The Morgan fingerprint density at radius 3 is 2.33 bits per heavy atom. The Labute approximate surface area is 158 Å². The highest BCUT2D eigenvalue weighted by Crippen LogP contribution is 2.20. The summed E-state index contributed by atoms with van der Waals surface area (Å²) in [6, 6.07) is 18.3. The number of imidazole rings is 1. The van der Waals surface area contributed by atoms with E-state index < -0.39 is 0 Å². The number of carbonyl (C=O) groups excluding carboxylic acids is 2. The molecule has 6 nitrogen and oxygen atoms in total. The van der Waals surface area contributed by atoms with Crippen molar-refractivity contribution in [3.05, 3.63) is 90.0 Å². The molecule has 1 unspecified atom stereocenters. The summed E-state index contributed by atoms with van der Waals surface area (Å²) in [5.74, 6) is 0.412. The predicted octanol–water partition coefficient (Wildman–Crippen LogP) is 2.45. The van der Waals surface area contributed by atoms with Gasteiger partial charge in [0, 0.05) is 38.0 Å². The molecule has 1 heterocycles. The molecule has 27 heavy (non-hydrogen) atoms. The van der Waals surface area contributed by atoms with Crippen LogP contribution in [0.4, 0.5) is 0 Å². The number of nitrogens with zero attached hydrogens (tertiary/aromatic N) is 2. The first-order valence-electron chi connectivity index (χ1n) is 8.80. The molecule has 0 spiro atoms. The van der Waals surface area contributed by atoms with Gasteiger partial charge in [-0.25, -0.2) is 4.98 Å². The first-order chi connectivity index (χ1) is 13.1. The van der Waals surface area contributed by atoms with E-state index in [2.05, 4.69) is 15.6 Å². The summed E-state index contributed by atoms with van der Waals surface area (Å²) in [7, 11) is 1.89. The van der Waals surface area contributed by atoms with Crippen LogP contribution in [-0.4, -0.2) is 27.9 Å². The van der Waals surface area contributed by atoms with Crippen LogP contribution in [-0.2, 0) is 11.8 Å². The monoisotopic (exact) mass is 362 g/mol. The third-order valence-corrected chi connectivity index (χ3v) is 4.23. The van der Waals surface area contributed by atoms with Crippen LogP contribution in [0.25, 0.3) is 0 Å². The lowest BCUT2D eigenvalue weighted by molar-refractivity contribution is -0.121. The van der Waals surface area contributed by atoms with Gasteiger partial charge in [0.15, 0.2) is 0 Å². The molecule has 0 aliphatic carbocycles. The van der Waals surface area contributed by atoms with Gasteiger partial charge in [-0.05, 0) is 17.7 Å². The smallest absolute Gasteiger partial charge is 0.251 e. The maximum absolute atomic E-state index is 12.5. The minimum absolute atomic E-state index is 0.153. The van der Waals surface area contributed by atoms with E-state index in [0.717, 1.165) is 11.4 Å². The van der Waals surface area contributed by atoms with Gasteiger partial charge in [-0.2, -0.15) is 0 Å². The number of benzene rings is 2. The third-order valence-electron chi connectivity index (χ3n) is 4.23. The molecule has 0 saturated heterocycles. The highest BCUT2D eigenvalue weighted by Gasteiger charge is 2.20. The van der Waals surface area contributed by atoms with E-state index in [4.69, 9.17) is 0 Å². The highest BCUT2D eigenvalue weighted by atomic mass is 16.2. The van der Waals surface area contributed by atoms with E-state index in [1.54, 1.807) is 30.5 Å². The van der Waals surface area contributed by atoms with Crippen LogP contribution in [0.2, 0.25) is 0 Å². The number of hydrogen-bond acceptors (Lipinski definition) is 3. The summed E-state index contributed by atoms with van der Waals surface area (Å²) >= 11 is 0. The standard InChI is InChI=1S/C21H22N4O2/c1-25-15-14-22-20(25)19(16-8-4-2-5-9-16)24-18(26)12-13-23-21(27)17-10-6-3-7-11-17/h2-11,14-15,19H,12-13H2,1H3,(H,23,27)(H,24,26). The summed E-state index contributed by atoms with van der Waals surface area (Å²) in [4.78, 5) is 28.9. The molecule has 2 N–H and O–H groups in total. The highest BCUT2D eigenvalue weighted by molar-refractivity contribution is 5.94. The van der Waals surface area contributed by atoms with Crippen molar-refractivity contribution in [2.75, 3.05) is 6.54 Å². The first-order valence-corrected chi connectivity index (χ1v) is 8.80. The predicted molar refractivity (Wildman–Crippen MR) is 103 cm³/mol. The third kappa shape index (κ3) is 4.82. The average molecular weight is 362 g/mol. The van der Waals surface area contributed by atoms with Crippen LogP contribution in [0.5, 0.6) is 0 Å². The first kappa shape index (κ1) is 18.4. The summed E-state index contributed by atoms with van der Waals surface area (Å²) in [6.45, 7) is 0.266. The lowest BCUT2D eigenvalue weighted by Gasteiger charge is -2.19. The van der Waals surface area contributed by atoms with Crippen LogP contribution >= 0.6 is 0 Å². The fourth-order valence-corrected chi connectivity index (χ4v) is 2.81. The van der Waals surface area contributed by atoms with Gasteiger partial charge in [0.05, 0.1) is 0 Å². The van der Waals surface area contributed by atoms with Crippen LogP contribution in [0.1, 0.15) is 34.2 Å². The Morgan fingerprint density at radius 1 is 1.04 bits per heavy atom. The Kier molecular flexibility index (Phi) is 5.99. The molecule has 0 fully saturated rings. The number of hydrogen-bond donors (Lipinski definition) is 2. The normalized spacial score (nSPS) is 11.6. The largest absolute Gasteiger partial charge is 0.352 e. The fourth-order valence-electron chi connectivity index (χ4n) is 2.81. The van der Waals surface area contributed by atoms with Gasteiger partial charge >= 0.3 is 0 Å².